The second-order valence-electron chi connectivity index (χ2n) is 2.83. The van der Waals surface area contributed by atoms with E-state index < -0.39 is 11.7 Å². The molecule has 0 fully saturated rings. The summed E-state index contributed by atoms with van der Waals surface area (Å²) < 4.78 is 13.9. The molecule has 0 aromatic heterocycles. The van der Waals surface area contributed by atoms with Crippen molar-refractivity contribution >= 4 is 21.8 Å². The standard InChI is InChI=1S/C11H9BrFNO/c1-2-3-6-14-11(15)9-7-8(12)4-5-10(9)13/h1,4-5,7H,3,6H2,(H,14,15). The summed E-state index contributed by atoms with van der Waals surface area (Å²) in [7, 11) is 0. The Morgan fingerprint density at radius 3 is 3.00 bits per heavy atom. The highest BCUT2D eigenvalue weighted by Crippen LogP contribution is 2.15. The van der Waals surface area contributed by atoms with Gasteiger partial charge in [-0.25, -0.2) is 4.39 Å². The summed E-state index contributed by atoms with van der Waals surface area (Å²) in [6, 6.07) is 4.20. The Balaban J connectivity index is 2.73. The van der Waals surface area contributed by atoms with Crippen LogP contribution in [0.5, 0.6) is 0 Å². The molecule has 1 amide bonds. The lowest BCUT2D eigenvalue weighted by Crippen LogP contribution is -2.25. The summed E-state index contributed by atoms with van der Waals surface area (Å²) in [5.74, 6) is 1.38. The molecule has 78 valence electrons. The van der Waals surface area contributed by atoms with Crippen LogP contribution in [0.1, 0.15) is 16.8 Å². The van der Waals surface area contributed by atoms with Gasteiger partial charge in [-0.05, 0) is 18.2 Å². The third-order valence-corrected chi connectivity index (χ3v) is 2.22. The number of halogens is 2. The van der Waals surface area contributed by atoms with Gasteiger partial charge in [0, 0.05) is 17.4 Å². The molecule has 0 unspecified atom stereocenters. The summed E-state index contributed by atoms with van der Waals surface area (Å²) in [6.07, 6.45) is 5.46. The quantitative estimate of drug-likeness (QED) is 0.663. The third-order valence-electron chi connectivity index (χ3n) is 1.73. The molecule has 0 aliphatic rings. The molecule has 0 saturated heterocycles. The van der Waals surface area contributed by atoms with E-state index in [1.165, 1.54) is 18.2 Å². The smallest absolute Gasteiger partial charge is 0.254 e. The number of rotatable bonds is 3. The normalized spacial score (nSPS) is 9.40. The van der Waals surface area contributed by atoms with E-state index in [0.29, 0.717) is 17.4 Å². The fourth-order valence-electron chi connectivity index (χ4n) is 1.01. The van der Waals surface area contributed by atoms with Crippen LogP contribution in [-0.4, -0.2) is 12.5 Å². The first-order chi connectivity index (χ1) is 7.15. The van der Waals surface area contributed by atoms with Crippen molar-refractivity contribution in [2.75, 3.05) is 6.54 Å². The number of hydrogen-bond acceptors (Lipinski definition) is 1. The Morgan fingerprint density at radius 2 is 2.33 bits per heavy atom. The van der Waals surface area contributed by atoms with E-state index in [2.05, 4.69) is 27.2 Å². The molecule has 0 radical (unpaired) electrons. The molecule has 1 N–H and O–H groups in total. The van der Waals surface area contributed by atoms with Gasteiger partial charge in [0.15, 0.2) is 0 Å². The third kappa shape index (κ3) is 3.37. The Labute approximate surface area is 96.0 Å². The molecule has 0 atom stereocenters. The fourth-order valence-corrected chi connectivity index (χ4v) is 1.38. The highest BCUT2D eigenvalue weighted by atomic mass is 79.9. The molecule has 1 rings (SSSR count). The highest BCUT2D eigenvalue weighted by molar-refractivity contribution is 9.10. The van der Waals surface area contributed by atoms with Gasteiger partial charge in [0.05, 0.1) is 5.56 Å². The van der Waals surface area contributed by atoms with Gasteiger partial charge in [0.25, 0.3) is 5.91 Å². The number of carbonyl (C=O) groups is 1. The van der Waals surface area contributed by atoms with Gasteiger partial charge >= 0.3 is 0 Å². The first kappa shape index (κ1) is 11.7. The number of carbonyl (C=O) groups excluding carboxylic acids is 1. The van der Waals surface area contributed by atoms with Crippen molar-refractivity contribution in [2.24, 2.45) is 0 Å². The monoisotopic (exact) mass is 269 g/mol. The molecular weight excluding hydrogens is 261 g/mol. The van der Waals surface area contributed by atoms with Crippen LogP contribution >= 0.6 is 15.9 Å². The Bertz CT molecular complexity index is 412. The Morgan fingerprint density at radius 1 is 1.60 bits per heavy atom. The number of terminal acetylenes is 1. The topological polar surface area (TPSA) is 29.1 Å². The largest absolute Gasteiger partial charge is 0.351 e. The molecule has 0 heterocycles. The van der Waals surface area contributed by atoms with Crippen LogP contribution in [0.4, 0.5) is 4.39 Å². The molecule has 0 aliphatic heterocycles. The van der Waals surface area contributed by atoms with Gasteiger partial charge in [0.2, 0.25) is 0 Å². The zero-order chi connectivity index (χ0) is 11.3. The average Bonchev–Trinajstić information content (AvgIpc) is 2.22. The highest BCUT2D eigenvalue weighted by Gasteiger charge is 2.10. The van der Waals surface area contributed by atoms with Crippen molar-refractivity contribution in [1.29, 1.82) is 0 Å². The first-order valence-electron chi connectivity index (χ1n) is 4.32. The number of nitrogens with one attached hydrogen (secondary N) is 1. The maximum Gasteiger partial charge on any atom is 0.254 e. The van der Waals surface area contributed by atoms with Crippen LogP contribution in [0.3, 0.4) is 0 Å². The second kappa shape index (κ2) is 5.52. The first-order valence-corrected chi connectivity index (χ1v) is 5.11. The summed E-state index contributed by atoms with van der Waals surface area (Å²) in [4.78, 5) is 11.5. The van der Waals surface area contributed by atoms with E-state index in [1.807, 2.05) is 0 Å². The SMILES string of the molecule is C#CCCNC(=O)c1cc(Br)ccc1F. The lowest BCUT2D eigenvalue weighted by atomic mass is 10.2. The molecule has 1 aromatic carbocycles. The molecule has 0 bridgehead atoms. The van der Waals surface area contributed by atoms with Gasteiger partial charge < -0.3 is 5.32 Å². The minimum Gasteiger partial charge on any atom is -0.351 e. The molecule has 15 heavy (non-hydrogen) atoms. The van der Waals surface area contributed by atoms with Crippen molar-refractivity contribution in [1.82, 2.24) is 5.32 Å². The zero-order valence-corrected chi connectivity index (χ0v) is 9.47. The van der Waals surface area contributed by atoms with Crippen molar-refractivity contribution in [3.63, 3.8) is 0 Å². The average molecular weight is 270 g/mol. The van der Waals surface area contributed by atoms with Crippen LogP contribution in [0.2, 0.25) is 0 Å². The van der Waals surface area contributed by atoms with Crippen LogP contribution in [0, 0.1) is 18.2 Å². The van der Waals surface area contributed by atoms with Gasteiger partial charge in [-0.15, -0.1) is 12.3 Å². The number of amides is 1. The van der Waals surface area contributed by atoms with E-state index in [4.69, 9.17) is 6.42 Å². The summed E-state index contributed by atoms with van der Waals surface area (Å²) in [6.45, 7) is 0.348. The van der Waals surface area contributed by atoms with Crippen LogP contribution in [0.15, 0.2) is 22.7 Å². The molecule has 0 spiro atoms. The van der Waals surface area contributed by atoms with Gasteiger partial charge in [-0.2, -0.15) is 0 Å². The molecule has 0 aliphatic carbocycles. The van der Waals surface area contributed by atoms with Crippen molar-refractivity contribution in [3.05, 3.63) is 34.1 Å². The van der Waals surface area contributed by atoms with Crippen molar-refractivity contribution in [3.8, 4) is 12.3 Å². The lowest BCUT2D eigenvalue weighted by molar-refractivity contribution is 0.0950. The van der Waals surface area contributed by atoms with Gasteiger partial charge in [-0.3, -0.25) is 4.79 Å². The van der Waals surface area contributed by atoms with E-state index in [9.17, 15) is 9.18 Å². The Kier molecular flexibility index (Phi) is 4.32. The van der Waals surface area contributed by atoms with Gasteiger partial charge in [0.1, 0.15) is 5.82 Å². The lowest BCUT2D eigenvalue weighted by Gasteiger charge is -2.04. The minimum absolute atomic E-state index is 0.0152. The Hall–Kier alpha value is -1.34. The van der Waals surface area contributed by atoms with E-state index in [1.54, 1.807) is 0 Å². The number of benzene rings is 1. The minimum atomic E-state index is -0.545. The van der Waals surface area contributed by atoms with Gasteiger partial charge in [-0.1, -0.05) is 15.9 Å². The van der Waals surface area contributed by atoms with E-state index >= 15 is 0 Å². The predicted octanol–water partition coefficient (Wildman–Crippen LogP) is 2.34. The van der Waals surface area contributed by atoms with E-state index in [0.717, 1.165) is 0 Å². The molecule has 0 saturated carbocycles. The molecule has 4 heteroatoms. The predicted molar refractivity (Wildman–Crippen MR) is 59.9 cm³/mol. The van der Waals surface area contributed by atoms with Crippen molar-refractivity contribution in [2.45, 2.75) is 6.42 Å². The maximum absolute atomic E-state index is 13.2. The maximum atomic E-state index is 13.2. The fraction of sp³-hybridized carbons (Fsp3) is 0.182. The van der Waals surface area contributed by atoms with Crippen LogP contribution in [-0.2, 0) is 0 Å². The summed E-state index contributed by atoms with van der Waals surface area (Å²) >= 11 is 3.17. The molecule has 2 nitrogen and oxygen atoms in total. The van der Waals surface area contributed by atoms with Crippen LogP contribution in [0.25, 0.3) is 0 Å². The second-order valence-corrected chi connectivity index (χ2v) is 3.75. The molecular formula is C11H9BrFNO. The van der Waals surface area contributed by atoms with Crippen LogP contribution < -0.4 is 5.32 Å². The summed E-state index contributed by atoms with van der Waals surface area (Å²) in [5.41, 5.74) is 0.0152. The van der Waals surface area contributed by atoms with Crippen molar-refractivity contribution < 1.29 is 9.18 Å². The summed E-state index contributed by atoms with van der Waals surface area (Å²) in [5, 5.41) is 2.53. The number of hydrogen-bond donors (Lipinski definition) is 1. The van der Waals surface area contributed by atoms with E-state index in [-0.39, 0.29) is 5.56 Å². The zero-order valence-electron chi connectivity index (χ0n) is 7.89. The molecule has 1 aromatic rings.